The third-order valence-corrected chi connectivity index (χ3v) is 3.39. The molecule has 0 saturated carbocycles. The molecule has 0 radical (unpaired) electrons. The van der Waals surface area contributed by atoms with Crippen LogP contribution in [0.15, 0.2) is 48.7 Å². The zero-order valence-electron chi connectivity index (χ0n) is 12.3. The lowest BCUT2D eigenvalue weighted by atomic mass is 9.97. The van der Waals surface area contributed by atoms with Gasteiger partial charge in [0.2, 0.25) is 0 Å². The summed E-state index contributed by atoms with van der Waals surface area (Å²) in [6, 6.07) is 13.9. The third-order valence-electron chi connectivity index (χ3n) is 3.39. The molecule has 0 aliphatic rings. The second-order valence-electron chi connectivity index (χ2n) is 5.57. The summed E-state index contributed by atoms with van der Waals surface area (Å²) in [5.41, 5.74) is 1.85. The molecule has 106 valence electrons. The summed E-state index contributed by atoms with van der Waals surface area (Å²) < 4.78 is 1.84. The Balaban J connectivity index is 2.16. The molecule has 1 heterocycles. The van der Waals surface area contributed by atoms with Gasteiger partial charge in [-0.3, -0.25) is 4.79 Å². The van der Waals surface area contributed by atoms with Gasteiger partial charge in [-0.05, 0) is 30.0 Å². The molecule has 0 aliphatic heterocycles. The highest BCUT2D eigenvalue weighted by molar-refractivity contribution is 5.93. The molecule has 1 atom stereocenters. The minimum atomic E-state index is -0.0213. The highest BCUT2D eigenvalue weighted by Crippen LogP contribution is 2.21. The van der Waals surface area contributed by atoms with E-state index in [1.807, 2.05) is 48.1 Å². The molecule has 3 heteroatoms. The van der Waals surface area contributed by atoms with Crippen LogP contribution >= 0.6 is 0 Å². The van der Waals surface area contributed by atoms with Crippen LogP contribution in [0.3, 0.4) is 0 Å². The predicted molar refractivity (Wildman–Crippen MR) is 81.5 cm³/mol. The number of benzene rings is 1. The van der Waals surface area contributed by atoms with Crippen LogP contribution in [0.25, 0.3) is 0 Å². The fourth-order valence-corrected chi connectivity index (χ4v) is 2.36. The van der Waals surface area contributed by atoms with Crippen LogP contribution in [-0.2, 0) is 7.05 Å². The first-order valence-electron chi connectivity index (χ1n) is 7.05. The topological polar surface area (TPSA) is 34.0 Å². The van der Waals surface area contributed by atoms with Gasteiger partial charge < -0.3 is 9.88 Å². The van der Waals surface area contributed by atoms with Gasteiger partial charge in [0, 0.05) is 13.2 Å². The maximum absolute atomic E-state index is 12.4. The van der Waals surface area contributed by atoms with E-state index < -0.39 is 0 Å². The van der Waals surface area contributed by atoms with Crippen molar-refractivity contribution in [3.63, 3.8) is 0 Å². The lowest BCUT2D eigenvalue weighted by Crippen LogP contribution is -2.30. The Hall–Kier alpha value is -2.03. The average molecular weight is 270 g/mol. The number of nitrogens with one attached hydrogen (secondary N) is 1. The van der Waals surface area contributed by atoms with Crippen molar-refractivity contribution in [3.05, 3.63) is 59.9 Å². The third kappa shape index (κ3) is 3.50. The molecular formula is C17H22N2O. The standard InChI is InChI=1S/C17H22N2O/c1-13(2)12-15(14-8-5-4-6-9-14)18-17(20)16-10-7-11-19(16)3/h4-11,13,15H,12H2,1-3H3,(H,18,20). The Morgan fingerprint density at radius 3 is 2.40 bits per heavy atom. The average Bonchev–Trinajstić information content (AvgIpc) is 2.85. The number of carbonyl (C=O) groups is 1. The van der Waals surface area contributed by atoms with E-state index in [4.69, 9.17) is 0 Å². The summed E-state index contributed by atoms with van der Waals surface area (Å²) in [4.78, 5) is 12.4. The summed E-state index contributed by atoms with van der Waals surface area (Å²) in [7, 11) is 1.88. The van der Waals surface area contributed by atoms with Gasteiger partial charge in [0.25, 0.3) is 5.91 Å². The highest BCUT2D eigenvalue weighted by atomic mass is 16.2. The van der Waals surface area contributed by atoms with E-state index in [0.29, 0.717) is 11.6 Å². The van der Waals surface area contributed by atoms with Gasteiger partial charge in [-0.1, -0.05) is 44.2 Å². The fraction of sp³-hybridized carbons (Fsp3) is 0.353. The second kappa shape index (κ2) is 6.42. The number of amides is 1. The van der Waals surface area contributed by atoms with Crippen LogP contribution in [0, 0.1) is 5.92 Å². The Morgan fingerprint density at radius 1 is 1.15 bits per heavy atom. The largest absolute Gasteiger partial charge is 0.347 e. The van der Waals surface area contributed by atoms with Crippen LogP contribution in [0.1, 0.15) is 42.4 Å². The van der Waals surface area contributed by atoms with Crippen molar-refractivity contribution < 1.29 is 4.79 Å². The molecule has 1 amide bonds. The van der Waals surface area contributed by atoms with Crippen molar-refractivity contribution >= 4 is 5.91 Å². The molecule has 1 unspecified atom stereocenters. The lowest BCUT2D eigenvalue weighted by Gasteiger charge is -2.21. The molecule has 0 bridgehead atoms. The molecule has 1 aromatic heterocycles. The maximum atomic E-state index is 12.4. The zero-order chi connectivity index (χ0) is 14.5. The zero-order valence-corrected chi connectivity index (χ0v) is 12.3. The fourth-order valence-electron chi connectivity index (χ4n) is 2.36. The highest BCUT2D eigenvalue weighted by Gasteiger charge is 2.18. The molecule has 0 aliphatic carbocycles. The van der Waals surface area contributed by atoms with E-state index >= 15 is 0 Å². The van der Waals surface area contributed by atoms with Gasteiger partial charge in [-0.2, -0.15) is 0 Å². The lowest BCUT2D eigenvalue weighted by molar-refractivity contribution is 0.0923. The van der Waals surface area contributed by atoms with E-state index in [1.54, 1.807) is 0 Å². The molecular weight excluding hydrogens is 248 g/mol. The van der Waals surface area contributed by atoms with Crippen LogP contribution in [0.4, 0.5) is 0 Å². The van der Waals surface area contributed by atoms with Gasteiger partial charge in [0.15, 0.2) is 0 Å². The van der Waals surface area contributed by atoms with Crippen molar-refractivity contribution in [2.45, 2.75) is 26.3 Å². The van der Waals surface area contributed by atoms with Crippen LogP contribution in [0.5, 0.6) is 0 Å². The number of carbonyl (C=O) groups excluding carboxylic acids is 1. The number of nitrogens with zero attached hydrogens (tertiary/aromatic N) is 1. The quantitative estimate of drug-likeness (QED) is 0.886. The minimum Gasteiger partial charge on any atom is -0.347 e. The van der Waals surface area contributed by atoms with Crippen molar-refractivity contribution in [2.75, 3.05) is 0 Å². The van der Waals surface area contributed by atoms with E-state index in [2.05, 4.69) is 31.3 Å². The van der Waals surface area contributed by atoms with Crippen molar-refractivity contribution in [1.82, 2.24) is 9.88 Å². The Labute approximate surface area is 120 Å². The van der Waals surface area contributed by atoms with Gasteiger partial charge in [0.1, 0.15) is 5.69 Å². The van der Waals surface area contributed by atoms with Crippen LogP contribution in [-0.4, -0.2) is 10.5 Å². The first-order valence-corrected chi connectivity index (χ1v) is 7.05. The van der Waals surface area contributed by atoms with Crippen LogP contribution < -0.4 is 5.32 Å². The predicted octanol–water partition coefficient (Wildman–Crippen LogP) is 3.54. The van der Waals surface area contributed by atoms with Crippen molar-refractivity contribution in [2.24, 2.45) is 13.0 Å². The van der Waals surface area contributed by atoms with Crippen molar-refractivity contribution in [3.8, 4) is 0 Å². The van der Waals surface area contributed by atoms with E-state index in [-0.39, 0.29) is 11.9 Å². The first kappa shape index (κ1) is 14.4. The Kier molecular flexibility index (Phi) is 4.61. The summed E-state index contributed by atoms with van der Waals surface area (Å²) in [5.74, 6) is 0.501. The summed E-state index contributed by atoms with van der Waals surface area (Å²) in [6.45, 7) is 4.34. The maximum Gasteiger partial charge on any atom is 0.268 e. The summed E-state index contributed by atoms with van der Waals surface area (Å²) in [5, 5.41) is 3.15. The molecule has 20 heavy (non-hydrogen) atoms. The molecule has 1 N–H and O–H groups in total. The normalized spacial score (nSPS) is 12.4. The smallest absolute Gasteiger partial charge is 0.268 e. The molecule has 1 aromatic carbocycles. The Bertz CT molecular complexity index is 557. The summed E-state index contributed by atoms with van der Waals surface area (Å²) >= 11 is 0. The number of hydrogen-bond donors (Lipinski definition) is 1. The van der Waals surface area contributed by atoms with Gasteiger partial charge in [-0.25, -0.2) is 0 Å². The molecule has 0 fully saturated rings. The minimum absolute atomic E-state index is 0.0213. The summed E-state index contributed by atoms with van der Waals surface area (Å²) in [6.07, 6.45) is 2.81. The van der Waals surface area contributed by atoms with E-state index in [1.165, 1.54) is 0 Å². The molecule has 0 spiro atoms. The molecule has 2 aromatic rings. The first-order chi connectivity index (χ1) is 9.58. The number of rotatable bonds is 5. The molecule has 0 saturated heterocycles. The van der Waals surface area contributed by atoms with Gasteiger partial charge >= 0.3 is 0 Å². The number of aryl methyl sites for hydroxylation is 1. The Morgan fingerprint density at radius 2 is 1.85 bits per heavy atom. The number of aromatic nitrogens is 1. The van der Waals surface area contributed by atoms with Crippen molar-refractivity contribution in [1.29, 1.82) is 0 Å². The second-order valence-corrected chi connectivity index (χ2v) is 5.57. The van der Waals surface area contributed by atoms with E-state index in [9.17, 15) is 4.79 Å². The van der Waals surface area contributed by atoms with Crippen LogP contribution in [0.2, 0.25) is 0 Å². The SMILES string of the molecule is CC(C)CC(NC(=O)c1cccn1C)c1ccccc1. The monoisotopic (exact) mass is 270 g/mol. The molecule has 2 rings (SSSR count). The molecule has 3 nitrogen and oxygen atoms in total. The van der Waals surface area contributed by atoms with Gasteiger partial charge in [-0.15, -0.1) is 0 Å². The van der Waals surface area contributed by atoms with E-state index in [0.717, 1.165) is 12.0 Å². The number of hydrogen-bond acceptors (Lipinski definition) is 1. The van der Waals surface area contributed by atoms with Gasteiger partial charge in [0.05, 0.1) is 6.04 Å².